The molecule has 4 aromatic rings. The minimum Gasteiger partial charge on any atom is -0.397 e. The first-order valence-corrected chi connectivity index (χ1v) is 9.88. The highest BCUT2D eigenvalue weighted by Gasteiger charge is 2.31. The van der Waals surface area contributed by atoms with E-state index in [0.29, 0.717) is 9.26 Å². The van der Waals surface area contributed by atoms with Gasteiger partial charge in [-0.1, -0.05) is 0 Å². The standard InChI is InChI=1S/C10H6F3IN2.C10H8F3N3/c2*11-10(12,13)7-2-3-8(14)9(6-7)16-5-1-4-15-16/h1-6H;1-6H,14H2. The van der Waals surface area contributed by atoms with Crippen molar-refractivity contribution in [3.8, 4) is 11.4 Å². The van der Waals surface area contributed by atoms with E-state index in [9.17, 15) is 26.3 Å². The summed E-state index contributed by atoms with van der Waals surface area (Å²) in [5.41, 5.74) is 5.08. The third kappa shape index (κ3) is 5.60. The van der Waals surface area contributed by atoms with Crippen molar-refractivity contribution >= 4 is 28.3 Å². The second-order valence-electron chi connectivity index (χ2n) is 6.34. The molecule has 0 aliphatic heterocycles. The number of rotatable bonds is 2. The van der Waals surface area contributed by atoms with Gasteiger partial charge in [0.05, 0.1) is 28.2 Å². The van der Waals surface area contributed by atoms with Crippen LogP contribution in [0.5, 0.6) is 0 Å². The van der Waals surface area contributed by atoms with Gasteiger partial charge < -0.3 is 5.73 Å². The molecule has 2 aromatic carbocycles. The quantitative estimate of drug-likeness (QED) is 0.185. The molecule has 0 radical (unpaired) electrons. The topological polar surface area (TPSA) is 61.7 Å². The molecule has 12 heteroatoms. The van der Waals surface area contributed by atoms with E-state index < -0.39 is 23.5 Å². The lowest BCUT2D eigenvalue weighted by Crippen LogP contribution is -2.08. The van der Waals surface area contributed by atoms with Crippen LogP contribution < -0.4 is 5.73 Å². The van der Waals surface area contributed by atoms with Crippen LogP contribution in [0.15, 0.2) is 73.3 Å². The van der Waals surface area contributed by atoms with Crippen molar-refractivity contribution in [1.29, 1.82) is 0 Å². The maximum atomic E-state index is 12.5. The lowest BCUT2D eigenvalue weighted by molar-refractivity contribution is -0.138. The summed E-state index contributed by atoms with van der Waals surface area (Å²) in [5, 5.41) is 7.75. The molecule has 5 nitrogen and oxygen atoms in total. The molecule has 0 aliphatic carbocycles. The van der Waals surface area contributed by atoms with Crippen LogP contribution in [0.4, 0.5) is 32.0 Å². The predicted molar refractivity (Wildman–Crippen MR) is 114 cm³/mol. The smallest absolute Gasteiger partial charge is 0.397 e. The van der Waals surface area contributed by atoms with Gasteiger partial charge in [0, 0.05) is 28.4 Å². The molecule has 2 aromatic heterocycles. The number of anilines is 1. The fraction of sp³-hybridized carbons (Fsp3) is 0.100. The zero-order valence-corrected chi connectivity index (χ0v) is 18.1. The zero-order valence-electron chi connectivity index (χ0n) is 15.9. The molecule has 0 atom stereocenters. The van der Waals surface area contributed by atoms with Crippen LogP contribution in [-0.4, -0.2) is 19.6 Å². The zero-order chi connectivity index (χ0) is 23.5. The number of alkyl halides is 6. The SMILES string of the molecule is FC(F)(F)c1ccc(I)c(-n2cccn2)c1.Nc1ccc(C(F)(F)F)cc1-n1cccn1. The van der Waals surface area contributed by atoms with E-state index in [1.54, 1.807) is 18.3 Å². The molecule has 4 rings (SSSR count). The number of hydrogen-bond acceptors (Lipinski definition) is 3. The van der Waals surface area contributed by atoms with E-state index in [-0.39, 0.29) is 11.4 Å². The van der Waals surface area contributed by atoms with E-state index in [1.165, 1.54) is 40.1 Å². The van der Waals surface area contributed by atoms with Gasteiger partial charge in [-0.3, -0.25) is 0 Å². The normalized spacial score (nSPS) is 11.7. The Morgan fingerprint density at radius 3 is 1.66 bits per heavy atom. The van der Waals surface area contributed by atoms with Crippen LogP contribution in [0.3, 0.4) is 0 Å². The number of nitrogens with two attached hydrogens (primary N) is 1. The Labute approximate surface area is 191 Å². The van der Waals surface area contributed by atoms with Crippen molar-refractivity contribution in [3.05, 3.63) is 88.0 Å². The molecule has 0 saturated heterocycles. The Morgan fingerprint density at radius 1 is 0.719 bits per heavy atom. The van der Waals surface area contributed by atoms with Crippen LogP contribution in [0.25, 0.3) is 11.4 Å². The molecule has 0 unspecified atom stereocenters. The van der Waals surface area contributed by atoms with E-state index in [0.717, 1.165) is 24.3 Å². The summed E-state index contributed by atoms with van der Waals surface area (Å²) in [6.45, 7) is 0. The van der Waals surface area contributed by atoms with Gasteiger partial charge in [0.1, 0.15) is 0 Å². The number of aromatic nitrogens is 4. The van der Waals surface area contributed by atoms with Crippen LogP contribution in [0.2, 0.25) is 0 Å². The highest BCUT2D eigenvalue weighted by molar-refractivity contribution is 14.1. The molecular formula is C20H14F6IN5. The van der Waals surface area contributed by atoms with E-state index in [2.05, 4.69) is 10.2 Å². The third-order valence-electron chi connectivity index (χ3n) is 4.13. The highest BCUT2D eigenvalue weighted by atomic mass is 127. The minimum atomic E-state index is -4.38. The summed E-state index contributed by atoms with van der Waals surface area (Å²) in [6.07, 6.45) is -2.57. The van der Waals surface area contributed by atoms with Gasteiger partial charge in [0.25, 0.3) is 0 Å². The number of nitrogen functional groups attached to an aromatic ring is 1. The highest BCUT2D eigenvalue weighted by Crippen LogP contribution is 2.33. The number of benzene rings is 2. The average molecular weight is 565 g/mol. The molecule has 168 valence electrons. The van der Waals surface area contributed by atoms with Crippen LogP contribution in [0, 0.1) is 3.57 Å². The first-order valence-electron chi connectivity index (χ1n) is 8.80. The van der Waals surface area contributed by atoms with Crippen molar-refractivity contribution in [1.82, 2.24) is 19.6 Å². The number of hydrogen-bond donors (Lipinski definition) is 1. The van der Waals surface area contributed by atoms with Crippen molar-refractivity contribution in [2.75, 3.05) is 5.73 Å². The first-order chi connectivity index (χ1) is 15.0. The first kappa shape index (κ1) is 23.6. The number of nitrogens with zero attached hydrogens (tertiary/aromatic N) is 4. The molecule has 0 saturated carbocycles. The van der Waals surface area contributed by atoms with Crippen molar-refractivity contribution in [2.24, 2.45) is 0 Å². The molecule has 2 heterocycles. The Bertz CT molecular complexity index is 1070. The largest absolute Gasteiger partial charge is 0.416 e. The van der Waals surface area contributed by atoms with E-state index in [4.69, 9.17) is 5.73 Å². The molecule has 0 amide bonds. The minimum absolute atomic E-state index is 0.222. The molecule has 32 heavy (non-hydrogen) atoms. The monoisotopic (exact) mass is 565 g/mol. The van der Waals surface area contributed by atoms with Gasteiger partial charge in [-0.25, -0.2) is 9.36 Å². The van der Waals surface area contributed by atoms with E-state index >= 15 is 0 Å². The second-order valence-corrected chi connectivity index (χ2v) is 7.50. The van der Waals surface area contributed by atoms with Crippen molar-refractivity contribution in [3.63, 3.8) is 0 Å². The molecule has 0 fully saturated rings. The predicted octanol–water partition coefficient (Wildman–Crippen LogP) is 5.97. The lowest BCUT2D eigenvalue weighted by atomic mass is 10.1. The van der Waals surface area contributed by atoms with Gasteiger partial charge in [0.15, 0.2) is 0 Å². The van der Waals surface area contributed by atoms with Gasteiger partial charge in [-0.15, -0.1) is 0 Å². The summed E-state index contributed by atoms with van der Waals surface area (Å²) >= 11 is 1.98. The van der Waals surface area contributed by atoms with Crippen molar-refractivity contribution in [2.45, 2.75) is 12.4 Å². The van der Waals surface area contributed by atoms with Crippen LogP contribution in [0.1, 0.15) is 11.1 Å². The third-order valence-corrected chi connectivity index (χ3v) is 5.05. The molecule has 0 spiro atoms. The van der Waals surface area contributed by atoms with Gasteiger partial charge in [-0.05, 0) is 71.1 Å². The maximum absolute atomic E-state index is 12.5. The second kappa shape index (κ2) is 9.22. The Balaban J connectivity index is 0.000000181. The Kier molecular flexibility index (Phi) is 6.81. The van der Waals surface area contributed by atoms with E-state index in [1.807, 2.05) is 22.6 Å². The molecular weight excluding hydrogens is 551 g/mol. The molecule has 2 N–H and O–H groups in total. The Hall–Kier alpha value is -3.03. The summed E-state index contributed by atoms with van der Waals surface area (Å²) in [4.78, 5) is 0. The van der Waals surface area contributed by atoms with Crippen LogP contribution >= 0.6 is 22.6 Å². The Morgan fingerprint density at radius 2 is 1.19 bits per heavy atom. The lowest BCUT2D eigenvalue weighted by Gasteiger charge is -2.10. The average Bonchev–Trinajstić information content (AvgIpc) is 3.42. The van der Waals surface area contributed by atoms with Gasteiger partial charge in [-0.2, -0.15) is 36.5 Å². The fourth-order valence-corrected chi connectivity index (χ4v) is 3.19. The molecule has 0 bridgehead atoms. The number of halogens is 7. The molecule has 0 aliphatic rings. The summed E-state index contributed by atoms with van der Waals surface area (Å²) in [7, 11) is 0. The summed E-state index contributed by atoms with van der Waals surface area (Å²) in [6, 6.07) is 10.0. The van der Waals surface area contributed by atoms with Gasteiger partial charge in [0.2, 0.25) is 0 Å². The maximum Gasteiger partial charge on any atom is 0.416 e. The fourth-order valence-electron chi connectivity index (χ4n) is 2.61. The summed E-state index contributed by atoms with van der Waals surface area (Å²) in [5.74, 6) is 0. The van der Waals surface area contributed by atoms with Crippen LogP contribution in [-0.2, 0) is 12.4 Å². The van der Waals surface area contributed by atoms with Gasteiger partial charge >= 0.3 is 12.4 Å². The van der Waals surface area contributed by atoms with Crippen molar-refractivity contribution < 1.29 is 26.3 Å². The summed E-state index contributed by atoms with van der Waals surface area (Å²) < 4.78 is 78.4.